The molecule has 0 radical (unpaired) electrons. The van der Waals surface area contributed by atoms with E-state index in [1.54, 1.807) is 7.11 Å². The van der Waals surface area contributed by atoms with Gasteiger partial charge in [0.05, 0.1) is 6.42 Å². The van der Waals surface area contributed by atoms with Crippen molar-refractivity contribution in [3.8, 4) is 0 Å². The Morgan fingerprint density at radius 1 is 1.40 bits per heavy atom. The molecule has 1 N–H and O–H groups in total. The van der Waals surface area contributed by atoms with Crippen molar-refractivity contribution in [2.45, 2.75) is 38.1 Å². The van der Waals surface area contributed by atoms with E-state index in [4.69, 9.17) is 9.84 Å². The van der Waals surface area contributed by atoms with Crippen LogP contribution in [0.4, 0.5) is 0 Å². The molecular weight excluding hydrogens is 194 g/mol. The molecule has 4 heteroatoms. The largest absolute Gasteiger partial charge is 0.481 e. The summed E-state index contributed by atoms with van der Waals surface area (Å²) in [5, 5.41) is 8.63. The summed E-state index contributed by atoms with van der Waals surface area (Å²) in [5.74, 6) is -0.697. The minimum absolute atomic E-state index is 0.265. The van der Waals surface area contributed by atoms with Crippen molar-refractivity contribution in [1.29, 1.82) is 0 Å². The second-order valence-electron chi connectivity index (χ2n) is 4.11. The SMILES string of the molecule is COCCCCN(CCC(=O)O)C1CC1. The quantitative estimate of drug-likeness (QED) is 0.590. The third-order valence-corrected chi connectivity index (χ3v) is 2.72. The molecule has 88 valence electrons. The van der Waals surface area contributed by atoms with Crippen molar-refractivity contribution in [3.63, 3.8) is 0 Å². The molecule has 15 heavy (non-hydrogen) atoms. The molecule has 0 heterocycles. The Bertz CT molecular complexity index is 192. The summed E-state index contributed by atoms with van der Waals surface area (Å²) >= 11 is 0. The van der Waals surface area contributed by atoms with E-state index in [9.17, 15) is 4.79 Å². The zero-order valence-electron chi connectivity index (χ0n) is 9.45. The van der Waals surface area contributed by atoms with Crippen LogP contribution in [0.2, 0.25) is 0 Å². The number of hydrogen-bond donors (Lipinski definition) is 1. The average molecular weight is 215 g/mol. The number of carbonyl (C=O) groups is 1. The predicted molar refractivity (Wildman–Crippen MR) is 58.0 cm³/mol. The first-order valence-corrected chi connectivity index (χ1v) is 5.69. The van der Waals surface area contributed by atoms with Gasteiger partial charge in [-0.3, -0.25) is 9.69 Å². The standard InChI is InChI=1S/C11H21NO3/c1-15-9-3-2-7-12(10-4-5-10)8-6-11(13)14/h10H,2-9H2,1H3,(H,13,14). The first kappa shape index (κ1) is 12.5. The van der Waals surface area contributed by atoms with E-state index in [0.29, 0.717) is 12.6 Å². The third kappa shape index (κ3) is 5.74. The molecular formula is C11H21NO3. The van der Waals surface area contributed by atoms with Gasteiger partial charge in [-0.2, -0.15) is 0 Å². The van der Waals surface area contributed by atoms with E-state index in [1.807, 2.05) is 0 Å². The zero-order valence-corrected chi connectivity index (χ0v) is 9.45. The van der Waals surface area contributed by atoms with Gasteiger partial charge in [0.1, 0.15) is 0 Å². The highest BCUT2D eigenvalue weighted by atomic mass is 16.5. The fraction of sp³-hybridized carbons (Fsp3) is 0.909. The minimum atomic E-state index is -0.697. The van der Waals surface area contributed by atoms with Gasteiger partial charge < -0.3 is 9.84 Å². The van der Waals surface area contributed by atoms with Crippen LogP contribution >= 0.6 is 0 Å². The maximum absolute atomic E-state index is 10.5. The van der Waals surface area contributed by atoms with Crippen LogP contribution in [0.1, 0.15) is 32.1 Å². The molecule has 0 spiro atoms. The summed E-state index contributed by atoms with van der Waals surface area (Å²) in [4.78, 5) is 12.8. The van der Waals surface area contributed by atoms with Gasteiger partial charge in [0.2, 0.25) is 0 Å². The molecule has 0 aromatic rings. The molecule has 0 aliphatic heterocycles. The van der Waals surface area contributed by atoms with Crippen LogP contribution < -0.4 is 0 Å². The molecule has 0 atom stereocenters. The maximum Gasteiger partial charge on any atom is 0.304 e. The molecule has 1 fully saturated rings. The number of nitrogens with zero attached hydrogens (tertiary/aromatic N) is 1. The lowest BCUT2D eigenvalue weighted by molar-refractivity contribution is -0.137. The Labute approximate surface area is 91.2 Å². The summed E-state index contributed by atoms with van der Waals surface area (Å²) < 4.78 is 4.99. The van der Waals surface area contributed by atoms with Crippen molar-refractivity contribution < 1.29 is 14.6 Å². The van der Waals surface area contributed by atoms with Gasteiger partial charge in [-0.15, -0.1) is 0 Å². The van der Waals surface area contributed by atoms with E-state index >= 15 is 0 Å². The number of carboxylic acids is 1. The van der Waals surface area contributed by atoms with Gasteiger partial charge in [0.15, 0.2) is 0 Å². The normalized spacial score (nSPS) is 15.9. The number of ether oxygens (including phenoxy) is 1. The number of hydrogen-bond acceptors (Lipinski definition) is 3. The average Bonchev–Trinajstić information content (AvgIpc) is 3.00. The fourth-order valence-electron chi connectivity index (χ4n) is 1.72. The number of unbranched alkanes of at least 4 members (excludes halogenated alkanes) is 1. The van der Waals surface area contributed by atoms with Crippen molar-refractivity contribution in [2.24, 2.45) is 0 Å². The highest BCUT2D eigenvalue weighted by Crippen LogP contribution is 2.27. The van der Waals surface area contributed by atoms with Crippen molar-refractivity contribution in [2.75, 3.05) is 26.8 Å². The second kappa shape index (κ2) is 6.80. The van der Waals surface area contributed by atoms with Crippen LogP contribution in [0.5, 0.6) is 0 Å². The van der Waals surface area contributed by atoms with Crippen LogP contribution in [0, 0.1) is 0 Å². The topological polar surface area (TPSA) is 49.8 Å². The lowest BCUT2D eigenvalue weighted by Gasteiger charge is -2.20. The Morgan fingerprint density at radius 3 is 2.67 bits per heavy atom. The molecule has 1 aliphatic carbocycles. The van der Waals surface area contributed by atoms with Crippen LogP contribution in [-0.2, 0) is 9.53 Å². The molecule has 1 rings (SSSR count). The van der Waals surface area contributed by atoms with Gasteiger partial charge in [-0.1, -0.05) is 0 Å². The van der Waals surface area contributed by atoms with Crippen LogP contribution in [0.25, 0.3) is 0 Å². The summed E-state index contributed by atoms with van der Waals surface area (Å²) in [6.07, 6.45) is 4.91. The van der Waals surface area contributed by atoms with Gasteiger partial charge in [-0.25, -0.2) is 0 Å². The van der Waals surface area contributed by atoms with Crippen molar-refractivity contribution >= 4 is 5.97 Å². The van der Waals surface area contributed by atoms with E-state index < -0.39 is 5.97 Å². The van der Waals surface area contributed by atoms with Gasteiger partial charge in [0, 0.05) is 26.3 Å². The number of rotatable bonds is 9. The molecule has 1 saturated carbocycles. The minimum Gasteiger partial charge on any atom is -0.481 e. The number of aliphatic carboxylic acids is 1. The lowest BCUT2D eigenvalue weighted by Crippen LogP contribution is -2.29. The van der Waals surface area contributed by atoms with E-state index in [1.165, 1.54) is 12.8 Å². The van der Waals surface area contributed by atoms with Crippen LogP contribution in [0.15, 0.2) is 0 Å². The zero-order chi connectivity index (χ0) is 11.1. The van der Waals surface area contributed by atoms with Crippen LogP contribution in [0.3, 0.4) is 0 Å². The highest BCUT2D eigenvalue weighted by molar-refractivity contribution is 5.66. The van der Waals surface area contributed by atoms with E-state index in [2.05, 4.69) is 4.90 Å². The summed E-state index contributed by atoms with van der Waals surface area (Å²) in [6, 6.07) is 0.659. The monoisotopic (exact) mass is 215 g/mol. The van der Waals surface area contributed by atoms with E-state index in [0.717, 1.165) is 26.0 Å². The van der Waals surface area contributed by atoms with Gasteiger partial charge >= 0.3 is 5.97 Å². The number of methoxy groups -OCH3 is 1. The Balaban J connectivity index is 2.10. The smallest absolute Gasteiger partial charge is 0.304 e. The molecule has 1 aliphatic rings. The molecule has 0 unspecified atom stereocenters. The number of carboxylic acid groups (broad SMARTS) is 1. The Morgan fingerprint density at radius 2 is 2.13 bits per heavy atom. The first-order valence-electron chi connectivity index (χ1n) is 5.69. The van der Waals surface area contributed by atoms with Gasteiger partial charge in [0.25, 0.3) is 0 Å². The van der Waals surface area contributed by atoms with Crippen molar-refractivity contribution in [3.05, 3.63) is 0 Å². The molecule has 0 amide bonds. The van der Waals surface area contributed by atoms with Gasteiger partial charge in [-0.05, 0) is 32.2 Å². The van der Waals surface area contributed by atoms with Crippen LogP contribution in [-0.4, -0.2) is 48.8 Å². The van der Waals surface area contributed by atoms with E-state index in [-0.39, 0.29) is 6.42 Å². The highest BCUT2D eigenvalue weighted by Gasteiger charge is 2.28. The summed E-state index contributed by atoms with van der Waals surface area (Å²) in [5.41, 5.74) is 0. The fourth-order valence-corrected chi connectivity index (χ4v) is 1.72. The summed E-state index contributed by atoms with van der Waals surface area (Å²) in [6.45, 7) is 2.52. The molecule has 0 bridgehead atoms. The first-order chi connectivity index (χ1) is 7.24. The Hall–Kier alpha value is -0.610. The molecule has 4 nitrogen and oxygen atoms in total. The third-order valence-electron chi connectivity index (χ3n) is 2.72. The molecule has 0 saturated heterocycles. The predicted octanol–water partition coefficient (Wildman–Crippen LogP) is 1.35. The lowest BCUT2D eigenvalue weighted by atomic mass is 10.2. The molecule has 0 aromatic carbocycles. The van der Waals surface area contributed by atoms with Crippen molar-refractivity contribution in [1.82, 2.24) is 4.90 Å². The molecule has 0 aromatic heterocycles. The maximum atomic E-state index is 10.5. The second-order valence-corrected chi connectivity index (χ2v) is 4.11. The Kier molecular flexibility index (Phi) is 5.65. The summed E-state index contributed by atoms with van der Waals surface area (Å²) in [7, 11) is 1.71.